The first-order valence-electron chi connectivity index (χ1n) is 59.5. The average Bonchev–Trinajstić information content (AvgIpc) is 1.56. The Morgan fingerprint density at radius 2 is 0.473 bits per heavy atom. The molecule has 0 saturated heterocycles. The fourth-order valence-corrected chi connectivity index (χ4v) is 33.4. The summed E-state index contributed by atoms with van der Waals surface area (Å²) in [5.74, 6) is 1.91. The molecule has 0 bridgehead atoms. The Morgan fingerprint density at radius 1 is 0.257 bits per heavy atom. The zero-order chi connectivity index (χ0) is 105. The molecule has 2 unspecified atom stereocenters. The summed E-state index contributed by atoms with van der Waals surface area (Å²) >= 11 is 19.5. The monoisotopic (exact) mass is 2190 g/mol. The van der Waals surface area contributed by atoms with Gasteiger partial charge >= 0.3 is 11.9 Å². The van der Waals surface area contributed by atoms with Gasteiger partial charge in [-0.05, 0) is 258 Å². The normalized spacial score (nSPS) is 12.4. The fraction of sp³-hybridized carbons (Fsp3) is 0.615. The Morgan fingerprint density at radius 3 is 0.730 bits per heavy atom. The summed E-state index contributed by atoms with van der Waals surface area (Å²) in [6.07, 6.45) is 71.9. The van der Waals surface area contributed by atoms with E-state index in [2.05, 4.69) is 170 Å². The second-order valence-electron chi connectivity index (χ2n) is 42.2. The van der Waals surface area contributed by atoms with E-state index in [4.69, 9.17) is 18.9 Å². The number of rotatable bonds is 80. The number of hydrogen-bond acceptors (Lipinski definition) is 18. The van der Waals surface area contributed by atoms with Crippen molar-refractivity contribution in [1.29, 1.82) is 10.5 Å². The zero-order valence-electron chi connectivity index (χ0n) is 93.8. The fourth-order valence-electron chi connectivity index (χ4n) is 20.5. The Kier molecular flexibility index (Phi) is 56.8. The molecule has 2 atom stereocenters. The van der Waals surface area contributed by atoms with Crippen LogP contribution in [0.3, 0.4) is 0 Å². The van der Waals surface area contributed by atoms with Gasteiger partial charge in [0.15, 0.2) is 0 Å². The first-order chi connectivity index (χ1) is 72.6. The molecule has 810 valence electrons. The van der Waals surface area contributed by atoms with Crippen LogP contribution in [0.25, 0.3) is 110 Å². The van der Waals surface area contributed by atoms with E-state index < -0.39 is 11.9 Å². The lowest BCUT2D eigenvalue weighted by Crippen LogP contribution is -2.12. The van der Waals surface area contributed by atoms with Crippen LogP contribution >= 0.6 is 113 Å². The van der Waals surface area contributed by atoms with E-state index in [1.165, 1.54) is 335 Å². The molecule has 0 spiro atoms. The van der Waals surface area contributed by atoms with Crippen molar-refractivity contribution in [3.8, 4) is 102 Å². The molecule has 0 N–H and O–H groups in total. The van der Waals surface area contributed by atoms with Crippen LogP contribution in [0.4, 0.5) is 0 Å². The highest BCUT2D eigenvalue weighted by Crippen LogP contribution is 2.59. The summed E-state index contributed by atoms with van der Waals surface area (Å²) in [4.78, 5) is 51.3. The Hall–Kier alpha value is -6.26. The minimum Gasteiger partial charge on any atom is -0.491 e. The van der Waals surface area contributed by atoms with E-state index in [0.29, 0.717) is 38.3 Å². The zero-order valence-corrected chi connectivity index (χ0v) is 102. The molecule has 1 aromatic carbocycles. The highest BCUT2D eigenvalue weighted by atomic mass is 32.1. The van der Waals surface area contributed by atoms with Crippen molar-refractivity contribution in [2.24, 2.45) is 11.8 Å². The number of nitriles is 2. The van der Waals surface area contributed by atoms with E-state index in [1.807, 2.05) is 103 Å². The molecule has 10 heterocycles. The van der Waals surface area contributed by atoms with Gasteiger partial charge in [-0.2, -0.15) is 10.5 Å². The van der Waals surface area contributed by atoms with Crippen molar-refractivity contribution in [2.45, 2.75) is 482 Å². The minimum absolute atomic E-state index is 0.0952. The van der Waals surface area contributed by atoms with Crippen molar-refractivity contribution < 1.29 is 28.5 Å². The van der Waals surface area contributed by atoms with E-state index in [0.717, 1.165) is 214 Å². The SMILES string of the molecule is CCCCCCCCOC(=O)/C(C#N)=C/c1sc(-c2sc(-c3sc(-c4cc(CCCCCC)c(-c5cc6c(OCC(CC)CCCC)c7sc(-c8sc(-c9cc(CCCCCC)c(-c%10cc(CCCCCC)c(-c%11cc(CCCCCC)c(/C=C(\C#N)C(=O)OCCCCCCCC)s%11)s%10)s9)cc8CCCCCC)cc7c(OCC(CC)CCCC)c6s5)s4)cc3CCCCCC)cc2CCCCCC)cc1CCCCCC. The number of unbranched alkanes of at least 4 members (excludes halogenated alkanes) is 36. The number of nitrogens with zero attached hydrogens (tertiary/aromatic N) is 2. The lowest BCUT2D eigenvalue weighted by molar-refractivity contribution is -0.139. The van der Waals surface area contributed by atoms with Gasteiger partial charge in [0.05, 0.1) is 35.8 Å². The summed E-state index contributed by atoms with van der Waals surface area (Å²) in [6, 6.07) is 30.2. The molecule has 0 amide bonds. The highest BCUT2D eigenvalue weighted by Gasteiger charge is 2.32. The maximum atomic E-state index is 13.8. The number of carbonyl (C=O) groups excluding carboxylic acids is 2. The maximum absolute atomic E-state index is 13.8. The van der Waals surface area contributed by atoms with Crippen LogP contribution in [0.15, 0.2) is 71.8 Å². The van der Waals surface area contributed by atoms with Gasteiger partial charge in [0.2, 0.25) is 0 Å². The molecule has 11 aromatic rings. The molecular weight excluding hydrogens is 2010 g/mol. The lowest BCUT2D eigenvalue weighted by atomic mass is 10.0. The molecular formula is C130H184N2O6S10. The number of carbonyl (C=O) groups is 2. The molecule has 18 heteroatoms. The van der Waals surface area contributed by atoms with Crippen molar-refractivity contribution in [1.82, 2.24) is 0 Å². The maximum Gasteiger partial charge on any atom is 0.348 e. The molecule has 0 aliphatic heterocycles. The summed E-state index contributed by atoms with van der Waals surface area (Å²) in [5.41, 5.74) is 11.3. The largest absolute Gasteiger partial charge is 0.491 e. The summed E-state index contributed by atoms with van der Waals surface area (Å²) in [5, 5.41) is 23.7. The minimum atomic E-state index is -0.505. The quantitative estimate of drug-likeness (QED) is 0.0160. The van der Waals surface area contributed by atoms with Gasteiger partial charge in [0, 0.05) is 98.6 Å². The predicted molar refractivity (Wildman–Crippen MR) is 660 cm³/mol. The molecule has 0 radical (unpaired) electrons. The average molecular weight is 2190 g/mol. The third kappa shape index (κ3) is 37.0. The molecule has 0 aliphatic carbocycles. The van der Waals surface area contributed by atoms with Crippen LogP contribution in [0.2, 0.25) is 0 Å². The second kappa shape index (κ2) is 68.9. The van der Waals surface area contributed by atoms with Gasteiger partial charge in [-0.15, -0.1) is 113 Å². The highest BCUT2D eigenvalue weighted by molar-refractivity contribution is 7.32. The summed E-state index contributed by atoms with van der Waals surface area (Å²) in [6.45, 7) is 34.4. The first kappa shape index (κ1) is 122. The van der Waals surface area contributed by atoms with Crippen LogP contribution in [0.5, 0.6) is 11.5 Å². The van der Waals surface area contributed by atoms with Crippen LogP contribution in [0, 0.1) is 34.5 Å². The number of thiophene rings is 10. The summed E-state index contributed by atoms with van der Waals surface area (Å²) in [7, 11) is 0. The number of fused-ring (bicyclic) bond motifs is 2. The smallest absolute Gasteiger partial charge is 0.348 e. The molecule has 148 heavy (non-hydrogen) atoms. The Balaban J connectivity index is 1.05. The van der Waals surface area contributed by atoms with Gasteiger partial charge in [-0.3, -0.25) is 0 Å². The standard InChI is InChI=1S/C130H184N2O6S10/c1-15-29-41-51-53-63-75-135-129(133)103(89-131)85-107-95(67-55-43-31-17-3)77-113(139-107)121-101(73-61-49-37-23-9)83-115(145-121)123-97(69-57-45-33-19-5)79-109(141-123)111-81-99(71-59-47-35-21-7)125(143-111)117-87-105-119(137-91-93(27-13)65-39-25-11)128-106(120(127(105)147-117)138-92-94(28-14)66-40-26-12)88-118(148-128)126-100(72-60-48-36-22-8)82-112(144-126)110-80-98(70-58-46-34-20-6)124(142-110)116-84-102(74-62-50-38-24-10)122(146-116)114-78-96(68-56-44-32-18-4)108(140-114)86-104(90-132)130(134)136-76-64-54-52-42-30-16-2/h77-88,93-94H,15-76,91-92H2,1-14H3/b103-85+,104-86+. The summed E-state index contributed by atoms with van der Waals surface area (Å²) < 4.78 is 29.6. The third-order valence-corrected chi connectivity index (χ3v) is 42.9. The molecule has 11 rings (SSSR count). The van der Waals surface area contributed by atoms with Crippen molar-refractivity contribution in [2.75, 3.05) is 26.4 Å². The van der Waals surface area contributed by atoms with E-state index in [-0.39, 0.29) is 11.1 Å². The van der Waals surface area contributed by atoms with E-state index in [9.17, 15) is 20.1 Å². The van der Waals surface area contributed by atoms with E-state index in [1.54, 1.807) is 22.7 Å². The molecule has 8 nitrogen and oxygen atoms in total. The molecule has 0 saturated carbocycles. The number of esters is 2. The number of hydrogen-bond donors (Lipinski definition) is 0. The van der Waals surface area contributed by atoms with Crippen LogP contribution in [-0.2, 0) is 70.4 Å². The number of aryl methyl sites for hydroxylation is 8. The Labute approximate surface area is 936 Å². The predicted octanol–water partition coefficient (Wildman–Crippen LogP) is 45.7. The Bertz CT molecular complexity index is 5460. The van der Waals surface area contributed by atoms with Gasteiger partial charge in [-0.25, -0.2) is 9.59 Å². The van der Waals surface area contributed by atoms with Crippen molar-refractivity contribution >= 4 is 158 Å². The van der Waals surface area contributed by atoms with Crippen molar-refractivity contribution in [3.63, 3.8) is 0 Å². The van der Waals surface area contributed by atoms with Gasteiger partial charge < -0.3 is 18.9 Å². The topological polar surface area (TPSA) is 119 Å². The number of ether oxygens (including phenoxy) is 4. The van der Waals surface area contributed by atoms with Gasteiger partial charge in [0.1, 0.15) is 34.8 Å². The van der Waals surface area contributed by atoms with Crippen LogP contribution < -0.4 is 9.47 Å². The third-order valence-electron chi connectivity index (χ3n) is 29.8. The molecule has 0 aliphatic rings. The molecule has 10 aromatic heterocycles. The van der Waals surface area contributed by atoms with Crippen LogP contribution in [0.1, 0.15) is 485 Å². The van der Waals surface area contributed by atoms with Gasteiger partial charge in [-0.1, -0.05) is 354 Å². The molecule has 0 fully saturated rings. The number of benzene rings is 1. The first-order valence-corrected chi connectivity index (χ1v) is 67.7. The van der Waals surface area contributed by atoms with Crippen LogP contribution in [-0.4, -0.2) is 38.4 Å². The lowest BCUT2D eigenvalue weighted by Gasteiger charge is -2.19. The second-order valence-corrected chi connectivity index (χ2v) is 52.8. The van der Waals surface area contributed by atoms with E-state index >= 15 is 0 Å². The van der Waals surface area contributed by atoms with Crippen molar-refractivity contribution in [3.05, 3.63) is 126 Å². The van der Waals surface area contributed by atoms with Gasteiger partial charge in [0.25, 0.3) is 0 Å².